The van der Waals surface area contributed by atoms with Crippen molar-refractivity contribution in [1.82, 2.24) is 5.32 Å². The van der Waals surface area contributed by atoms with Crippen molar-refractivity contribution in [2.75, 3.05) is 4.90 Å². The van der Waals surface area contributed by atoms with E-state index in [-0.39, 0.29) is 35.3 Å². The van der Waals surface area contributed by atoms with Crippen molar-refractivity contribution in [3.63, 3.8) is 0 Å². The van der Waals surface area contributed by atoms with Crippen LogP contribution in [0.4, 0.5) is 5.69 Å². The van der Waals surface area contributed by atoms with E-state index >= 15 is 0 Å². The highest BCUT2D eigenvalue weighted by molar-refractivity contribution is 6.24. The van der Waals surface area contributed by atoms with Gasteiger partial charge < -0.3 is 5.11 Å². The first-order chi connectivity index (χ1) is 16.3. The Morgan fingerprint density at radius 2 is 1.65 bits per heavy atom. The first kappa shape index (κ1) is 20.8. The van der Waals surface area contributed by atoms with Gasteiger partial charge in [-0.1, -0.05) is 42.0 Å². The van der Waals surface area contributed by atoms with E-state index in [1.807, 2.05) is 19.1 Å². The molecule has 0 radical (unpaired) electrons. The number of hydrogen-bond acceptors (Lipinski definition) is 5. The third kappa shape index (κ3) is 2.64. The summed E-state index contributed by atoms with van der Waals surface area (Å²) in [6, 6.07) is 15.6. The second kappa shape index (κ2) is 7.13. The van der Waals surface area contributed by atoms with Crippen LogP contribution in [0.1, 0.15) is 31.2 Å². The van der Waals surface area contributed by atoms with Crippen LogP contribution in [0, 0.1) is 29.1 Å². The van der Waals surface area contributed by atoms with Crippen molar-refractivity contribution in [1.29, 1.82) is 0 Å². The third-order valence-electron chi connectivity index (χ3n) is 8.36. The van der Waals surface area contributed by atoms with E-state index in [2.05, 4.69) is 5.32 Å². The lowest BCUT2D eigenvalue weighted by Gasteiger charge is -2.49. The standard InChI is InChI=1S/C27H24N2O5/c1-27-20(25(33)29(26(27)34)15-5-3-2-4-6-15)13-19-17(22(27)14-7-9-16(30)10-8-14)11-12-18-21(19)24(32)28-23(18)31/h2-11,18-22,30H,12-13H2,1H3,(H,28,31,32). The summed E-state index contributed by atoms with van der Waals surface area (Å²) < 4.78 is 0. The van der Waals surface area contributed by atoms with Gasteiger partial charge in [0.2, 0.25) is 23.6 Å². The Labute approximate surface area is 196 Å². The van der Waals surface area contributed by atoms with E-state index in [0.717, 1.165) is 11.1 Å². The minimum Gasteiger partial charge on any atom is -0.508 e. The van der Waals surface area contributed by atoms with Crippen LogP contribution < -0.4 is 10.2 Å². The van der Waals surface area contributed by atoms with Crippen molar-refractivity contribution in [3.05, 3.63) is 71.8 Å². The van der Waals surface area contributed by atoms with Gasteiger partial charge in [-0.05, 0) is 55.5 Å². The van der Waals surface area contributed by atoms with Gasteiger partial charge >= 0.3 is 0 Å². The summed E-state index contributed by atoms with van der Waals surface area (Å²) >= 11 is 0. The zero-order chi connectivity index (χ0) is 23.8. The Hall–Kier alpha value is -3.74. The van der Waals surface area contributed by atoms with Crippen LogP contribution in [0.15, 0.2) is 66.2 Å². The van der Waals surface area contributed by atoms with Crippen molar-refractivity contribution >= 4 is 29.3 Å². The summed E-state index contributed by atoms with van der Waals surface area (Å²) in [6.07, 6.45) is 2.77. The van der Waals surface area contributed by atoms with Crippen LogP contribution in [-0.4, -0.2) is 28.7 Å². The topological polar surface area (TPSA) is 104 Å². The molecule has 2 aromatic carbocycles. The van der Waals surface area contributed by atoms with Gasteiger partial charge in [-0.25, -0.2) is 4.90 Å². The second-order valence-corrected chi connectivity index (χ2v) is 9.94. The molecular formula is C27H24N2O5. The van der Waals surface area contributed by atoms with Crippen molar-refractivity contribution in [2.45, 2.75) is 25.7 Å². The van der Waals surface area contributed by atoms with Gasteiger partial charge in [0.15, 0.2) is 0 Å². The molecule has 6 unspecified atom stereocenters. The maximum atomic E-state index is 14.0. The van der Waals surface area contributed by atoms with E-state index in [1.165, 1.54) is 4.90 Å². The van der Waals surface area contributed by atoms with Gasteiger partial charge in [0.1, 0.15) is 5.75 Å². The van der Waals surface area contributed by atoms with Gasteiger partial charge in [-0.15, -0.1) is 0 Å². The maximum absolute atomic E-state index is 14.0. The molecule has 6 rings (SSSR count). The molecule has 0 aromatic heterocycles. The van der Waals surface area contributed by atoms with Gasteiger partial charge in [-0.3, -0.25) is 24.5 Å². The summed E-state index contributed by atoms with van der Waals surface area (Å²) in [4.78, 5) is 54.3. The quantitative estimate of drug-likeness (QED) is 0.534. The molecule has 4 amide bonds. The number of carbonyl (C=O) groups excluding carboxylic acids is 4. The number of anilines is 1. The Morgan fingerprint density at radius 1 is 0.941 bits per heavy atom. The molecular weight excluding hydrogens is 432 g/mol. The number of allylic oxidation sites excluding steroid dienone is 2. The number of benzene rings is 2. The number of fused-ring (bicyclic) bond motifs is 4. The molecule has 4 aliphatic rings. The first-order valence-electron chi connectivity index (χ1n) is 11.6. The van der Waals surface area contributed by atoms with Crippen LogP contribution in [0.2, 0.25) is 0 Å². The van der Waals surface area contributed by atoms with Crippen LogP contribution in [0.5, 0.6) is 5.75 Å². The van der Waals surface area contributed by atoms with Crippen molar-refractivity contribution < 1.29 is 24.3 Å². The number of carbonyl (C=O) groups is 4. The molecule has 0 spiro atoms. The van der Waals surface area contributed by atoms with Crippen molar-refractivity contribution in [3.8, 4) is 5.75 Å². The predicted molar refractivity (Wildman–Crippen MR) is 122 cm³/mol. The highest BCUT2D eigenvalue weighted by Crippen LogP contribution is 2.63. The number of para-hydroxylation sites is 1. The summed E-state index contributed by atoms with van der Waals surface area (Å²) in [5, 5.41) is 12.3. The smallest absolute Gasteiger partial charge is 0.241 e. The summed E-state index contributed by atoms with van der Waals surface area (Å²) in [5.41, 5.74) is 1.21. The molecule has 2 aliphatic heterocycles. The molecule has 172 valence electrons. The number of phenolic OH excluding ortho intramolecular Hbond substituents is 1. The zero-order valence-electron chi connectivity index (χ0n) is 18.6. The Kier molecular flexibility index (Phi) is 4.37. The maximum Gasteiger partial charge on any atom is 0.241 e. The van der Waals surface area contributed by atoms with Crippen molar-refractivity contribution in [2.24, 2.45) is 29.1 Å². The number of imide groups is 2. The molecule has 2 aliphatic carbocycles. The van der Waals surface area contributed by atoms with Gasteiger partial charge in [0, 0.05) is 5.92 Å². The lowest BCUT2D eigenvalue weighted by Crippen LogP contribution is -2.48. The Morgan fingerprint density at radius 3 is 2.35 bits per heavy atom. The summed E-state index contributed by atoms with van der Waals surface area (Å²) in [6.45, 7) is 1.85. The lowest BCUT2D eigenvalue weighted by molar-refractivity contribution is -0.131. The first-order valence-corrected chi connectivity index (χ1v) is 11.6. The van der Waals surface area contributed by atoms with Crippen LogP contribution in [0.25, 0.3) is 0 Å². The molecule has 0 bridgehead atoms. The largest absolute Gasteiger partial charge is 0.508 e. The van der Waals surface area contributed by atoms with Gasteiger partial charge in [0.05, 0.1) is 28.9 Å². The number of nitrogens with one attached hydrogen (secondary N) is 1. The fourth-order valence-corrected chi connectivity index (χ4v) is 6.80. The molecule has 2 saturated heterocycles. The number of rotatable bonds is 2. The fourth-order valence-electron chi connectivity index (χ4n) is 6.80. The molecule has 1 saturated carbocycles. The number of aromatic hydroxyl groups is 1. The Balaban J connectivity index is 1.54. The minimum absolute atomic E-state index is 0.107. The normalized spacial score (nSPS) is 34.3. The predicted octanol–water partition coefficient (Wildman–Crippen LogP) is 2.91. The number of phenols is 1. The SMILES string of the molecule is CC12C(=O)N(c3ccccc3)C(=O)C1CC1C(=CCC3C(=O)NC(=O)C31)C2c1ccc(O)cc1. The molecule has 7 heteroatoms. The zero-order valence-corrected chi connectivity index (χ0v) is 18.6. The number of nitrogens with zero attached hydrogens (tertiary/aromatic N) is 1. The van der Waals surface area contributed by atoms with Crippen LogP contribution >= 0.6 is 0 Å². The van der Waals surface area contributed by atoms with E-state index in [4.69, 9.17) is 0 Å². The molecule has 2 aromatic rings. The third-order valence-corrected chi connectivity index (χ3v) is 8.36. The van der Waals surface area contributed by atoms with Crippen LogP contribution in [0.3, 0.4) is 0 Å². The molecule has 7 nitrogen and oxygen atoms in total. The van der Waals surface area contributed by atoms with E-state index < -0.39 is 29.1 Å². The van der Waals surface area contributed by atoms with Gasteiger partial charge in [-0.2, -0.15) is 0 Å². The van der Waals surface area contributed by atoms with E-state index in [1.54, 1.807) is 48.5 Å². The second-order valence-electron chi connectivity index (χ2n) is 9.94. The Bertz CT molecular complexity index is 1270. The van der Waals surface area contributed by atoms with Gasteiger partial charge in [0.25, 0.3) is 0 Å². The molecule has 2 heterocycles. The molecule has 6 atom stereocenters. The summed E-state index contributed by atoms with van der Waals surface area (Å²) in [7, 11) is 0. The van der Waals surface area contributed by atoms with E-state index in [9.17, 15) is 24.3 Å². The average Bonchev–Trinajstić information content (AvgIpc) is 3.23. The molecule has 2 N–H and O–H groups in total. The van der Waals surface area contributed by atoms with E-state index in [0.29, 0.717) is 18.5 Å². The monoisotopic (exact) mass is 456 g/mol. The summed E-state index contributed by atoms with van der Waals surface area (Å²) in [5.74, 6) is -3.36. The fraction of sp³-hybridized carbons (Fsp3) is 0.333. The van der Waals surface area contributed by atoms with Crippen LogP contribution in [-0.2, 0) is 19.2 Å². The highest BCUT2D eigenvalue weighted by atomic mass is 16.3. The average molecular weight is 456 g/mol. The number of hydrogen-bond donors (Lipinski definition) is 2. The molecule has 3 fully saturated rings. The lowest BCUT2D eigenvalue weighted by atomic mass is 9.51. The number of amides is 4. The minimum atomic E-state index is -1.06. The molecule has 34 heavy (non-hydrogen) atoms. The highest BCUT2D eigenvalue weighted by Gasteiger charge is 2.66.